The summed E-state index contributed by atoms with van der Waals surface area (Å²) in [6.07, 6.45) is 3.05. The van der Waals surface area contributed by atoms with E-state index < -0.39 is 0 Å². The molecule has 0 amide bonds. The van der Waals surface area contributed by atoms with E-state index in [0.29, 0.717) is 16.6 Å². The van der Waals surface area contributed by atoms with E-state index in [1.54, 1.807) is 6.07 Å². The van der Waals surface area contributed by atoms with Crippen molar-refractivity contribution in [3.8, 4) is 6.07 Å². The van der Waals surface area contributed by atoms with Crippen molar-refractivity contribution in [2.24, 2.45) is 0 Å². The van der Waals surface area contributed by atoms with Gasteiger partial charge in [-0.05, 0) is 38.2 Å². The van der Waals surface area contributed by atoms with Crippen LogP contribution in [0, 0.1) is 11.3 Å². The number of hydrogen-bond donors (Lipinski definition) is 0. The van der Waals surface area contributed by atoms with Gasteiger partial charge in [-0.1, -0.05) is 17.7 Å². The molecule has 0 aliphatic carbocycles. The molecule has 1 aromatic carbocycles. The van der Waals surface area contributed by atoms with Crippen molar-refractivity contribution < 1.29 is 0 Å². The Morgan fingerprint density at radius 1 is 1.63 bits per heavy atom. The molecule has 19 heavy (non-hydrogen) atoms. The Kier molecular flexibility index (Phi) is 4.47. The van der Waals surface area contributed by atoms with Crippen LogP contribution in [0.1, 0.15) is 12.0 Å². The minimum atomic E-state index is 0.479. The largest absolute Gasteiger partial charge is 0.363 e. The first-order chi connectivity index (χ1) is 9.15. The van der Waals surface area contributed by atoms with Gasteiger partial charge in [0.1, 0.15) is 6.07 Å². The molecule has 0 radical (unpaired) electrons. The van der Waals surface area contributed by atoms with Crippen molar-refractivity contribution >= 4 is 17.3 Å². The zero-order valence-electron chi connectivity index (χ0n) is 11.1. The lowest BCUT2D eigenvalue weighted by atomic mass is 10.1. The first-order valence-electron chi connectivity index (χ1n) is 6.41. The maximum Gasteiger partial charge on any atom is 0.101 e. The fourth-order valence-corrected chi connectivity index (χ4v) is 2.76. The van der Waals surface area contributed by atoms with Crippen LogP contribution in [0.4, 0.5) is 5.69 Å². The van der Waals surface area contributed by atoms with E-state index in [0.717, 1.165) is 31.7 Å². The SMILES string of the molecule is C=CCN(c1ccc(C#N)c(Cl)c1)[C@H]1CCN(C)C1. The molecule has 0 saturated carbocycles. The molecule has 3 nitrogen and oxygen atoms in total. The number of nitriles is 1. The van der Waals surface area contributed by atoms with E-state index in [9.17, 15) is 0 Å². The first-order valence-corrected chi connectivity index (χ1v) is 6.79. The number of nitrogens with zero attached hydrogens (tertiary/aromatic N) is 3. The molecule has 0 unspecified atom stereocenters. The monoisotopic (exact) mass is 275 g/mol. The van der Waals surface area contributed by atoms with E-state index >= 15 is 0 Å². The minimum Gasteiger partial charge on any atom is -0.363 e. The van der Waals surface area contributed by atoms with Gasteiger partial charge in [0, 0.05) is 24.8 Å². The maximum absolute atomic E-state index is 8.93. The number of halogens is 1. The summed E-state index contributed by atoms with van der Waals surface area (Å²) >= 11 is 6.12. The van der Waals surface area contributed by atoms with E-state index in [1.165, 1.54) is 0 Å². The summed E-state index contributed by atoms with van der Waals surface area (Å²) in [5, 5.41) is 9.44. The molecule has 1 saturated heterocycles. The number of likely N-dealkylation sites (tertiary alicyclic amines) is 1. The zero-order chi connectivity index (χ0) is 13.8. The third-order valence-electron chi connectivity index (χ3n) is 3.54. The van der Waals surface area contributed by atoms with Crippen molar-refractivity contribution in [2.75, 3.05) is 31.6 Å². The topological polar surface area (TPSA) is 30.3 Å². The quantitative estimate of drug-likeness (QED) is 0.792. The first kappa shape index (κ1) is 13.9. The van der Waals surface area contributed by atoms with Crippen molar-refractivity contribution in [2.45, 2.75) is 12.5 Å². The van der Waals surface area contributed by atoms with Crippen molar-refractivity contribution in [1.29, 1.82) is 5.26 Å². The second-order valence-corrected chi connectivity index (χ2v) is 5.33. The van der Waals surface area contributed by atoms with Crippen LogP contribution < -0.4 is 4.90 Å². The van der Waals surface area contributed by atoms with Crippen LogP contribution >= 0.6 is 11.6 Å². The van der Waals surface area contributed by atoms with E-state index in [1.807, 2.05) is 18.2 Å². The molecule has 2 rings (SSSR count). The lowest BCUT2D eigenvalue weighted by molar-refractivity contribution is 0.408. The molecule has 0 aromatic heterocycles. The summed E-state index contributed by atoms with van der Waals surface area (Å²) in [5.74, 6) is 0. The van der Waals surface area contributed by atoms with Gasteiger partial charge in [-0.3, -0.25) is 0 Å². The van der Waals surface area contributed by atoms with Crippen LogP contribution in [0.5, 0.6) is 0 Å². The lowest BCUT2D eigenvalue weighted by Gasteiger charge is -2.30. The third-order valence-corrected chi connectivity index (χ3v) is 3.85. The number of rotatable bonds is 4. The predicted molar refractivity (Wildman–Crippen MR) is 79.6 cm³/mol. The molecular formula is C15H18ClN3. The highest BCUT2D eigenvalue weighted by Gasteiger charge is 2.25. The summed E-state index contributed by atoms with van der Waals surface area (Å²) in [5.41, 5.74) is 1.58. The van der Waals surface area contributed by atoms with Crippen LogP contribution in [-0.2, 0) is 0 Å². The van der Waals surface area contributed by atoms with E-state index in [2.05, 4.69) is 29.5 Å². The van der Waals surface area contributed by atoms with Crippen molar-refractivity contribution in [1.82, 2.24) is 4.90 Å². The molecule has 1 atom stereocenters. The Morgan fingerprint density at radius 3 is 2.95 bits per heavy atom. The van der Waals surface area contributed by atoms with Gasteiger partial charge in [-0.25, -0.2) is 0 Å². The second kappa shape index (κ2) is 6.10. The molecule has 100 valence electrons. The van der Waals surface area contributed by atoms with E-state index in [-0.39, 0.29) is 0 Å². The molecular weight excluding hydrogens is 258 g/mol. The number of benzene rings is 1. The Hall–Kier alpha value is -1.50. The van der Waals surface area contributed by atoms with Gasteiger partial charge in [0.15, 0.2) is 0 Å². The summed E-state index contributed by atoms with van der Waals surface area (Å²) in [4.78, 5) is 4.63. The standard InChI is InChI=1S/C15H18ClN3/c1-3-7-19(14-6-8-18(2)11-14)13-5-4-12(10-17)15(16)9-13/h3-5,9,14H,1,6-8,11H2,2H3/t14-/m0/s1. The summed E-state index contributed by atoms with van der Waals surface area (Å²) in [6.45, 7) is 6.78. The highest BCUT2D eigenvalue weighted by Crippen LogP contribution is 2.27. The van der Waals surface area contributed by atoms with Crippen LogP contribution in [0.25, 0.3) is 0 Å². The minimum absolute atomic E-state index is 0.479. The number of likely N-dealkylation sites (N-methyl/N-ethyl adjacent to an activating group) is 1. The van der Waals surface area contributed by atoms with Crippen LogP contribution in [-0.4, -0.2) is 37.6 Å². The number of anilines is 1. The Labute approximate surface area is 119 Å². The molecule has 1 fully saturated rings. The Bertz CT molecular complexity index is 507. The Balaban J connectivity index is 2.26. The molecule has 1 heterocycles. The highest BCUT2D eigenvalue weighted by atomic mass is 35.5. The molecule has 1 aromatic rings. The van der Waals surface area contributed by atoms with Crippen LogP contribution in [0.3, 0.4) is 0 Å². The predicted octanol–water partition coefficient (Wildman–Crippen LogP) is 2.91. The number of hydrogen-bond acceptors (Lipinski definition) is 3. The van der Waals surface area contributed by atoms with Gasteiger partial charge in [0.2, 0.25) is 0 Å². The third kappa shape index (κ3) is 3.09. The lowest BCUT2D eigenvalue weighted by Crippen LogP contribution is -2.37. The van der Waals surface area contributed by atoms with Crippen LogP contribution in [0.15, 0.2) is 30.9 Å². The average Bonchev–Trinajstić information content (AvgIpc) is 2.82. The second-order valence-electron chi connectivity index (χ2n) is 4.92. The summed E-state index contributed by atoms with van der Waals surface area (Å²) in [6, 6.07) is 8.20. The highest BCUT2D eigenvalue weighted by molar-refractivity contribution is 6.32. The van der Waals surface area contributed by atoms with Gasteiger partial charge in [0.05, 0.1) is 10.6 Å². The fourth-order valence-electron chi connectivity index (χ4n) is 2.54. The maximum atomic E-state index is 8.93. The summed E-state index contributed by atoms with van der Waals surface area (Å²) in [7, 11) is 2.14. The average molecular weight is 276 g/mol. The fraction of sp³-hybridized carbons (Fsp3) is 0.400. The molecule has 0 N–H and O–H groups in total. The van der Waals surface area contributed by atoms with Gasteiger partial charge in [0.25, 0.3) is 0 Å². The zero-order valence-corrected chi connectivity index (χ0v) is 11.9. The van der Waals surface area contributed by atoms with E-state index in [4.69, 9.17) is 16.9 Å². The molecule has 0 bridgehead atoms. The van der Waals surface area contributed by atoms with Crippen molar-refractivity contribution in [3.05, 3.63) is 41.4 Å². The Morgan fingerprint density at radius 2 is 2.42 bits per heavy atom. The van der Waals surface area contributed by atoms with Crippen LogP contribution in [0.2, 0.25) is 5.02 Å². The molecule has 4 heteroatoms. The molecule has 0 spiro atoms. The van der Waals surface area contributed by atoms with Gasteiger partial charge in [-0.2, -0.15) is 5.26 Å². The van der Waals surface area contributed by atoms with Gasteiger partial charge in [-0.15, -0.1) is 6.58 Å². The molecule has 1 aliphatic rings. The summed E-state index contributed by atoms with van der Waals surface area (Å²) < 4.78 is 0. The van der Waals surface area contributed by atoms with Crippen molar-refractivity contribution in [3.63, 3.8) is 0 Å². The molecule has 1 aliphatic heterocycles. The normalized spacial score (nSPS) is 19.1. The smallest absolute Gasteiger partial charge is 0.101 e. The van der Waals surface area contributed by atoms with Gasteiger partial charge < -0.3 is 9.80 Å². The van der Waals surface area contributed by atoms with Gasteiger partial charge >= 0.3 is 0 Å².